The van der Waals surface area contributed by atoms with Crippen molar-refractivity contribution in [3.8, 4) is 5.75 Å². The lowest BCUT2D eigenvalue weighted by Crippen LogP contribution is -3.07. The third-order valence-electron chi connectivity index (χ3n) is 5.30. The van der Waals surface area contributed by atoms with E-state index in [1.807, 2.05) is 25.1 Å². The lowest BCUT2D eigenvalue weighted by molar-refractivity contribution is -0.890. The summed E-state index contributed by atoms with van der Waals surface area (Å²) in [6, 6.07) is 14.3. The van der Waals surface area contributed by atoms with E-state index < -0.39 is 0 Å². The lowest BCUT2D eigenvalue weighted by atomic mass is 10.0. The van der Waals surface area contributed by atoms with Gasteiger partial charge in [0.05, 0.1) is 27.7 Å². The summed E-state index contributed by atoms with van der Waals surface area (Å²) in [5.74, 6) is 0.913. The fraction of sp³-hybridized carbons (Fsp3) is 0.348. The van der Waals surface area contributed by atoms with Crippen LogP contribution in [0.2, 0.25) is 0 Å². The van der Waals surface area contributed by atoms with Gasteiger partial charge in [0.25, 0.3) is 5.91 Å². The first-order valence-corrected chi connectivity index (χ1v) is 9.68. The first kappa shape index (κ1) is 20.0. The van der Waals surface area contributed by atoms with E-state index in [1.165, 1.54) is 16.0 Å². The Bertz CT molecular complexity index is 958. The third-order valence-corrected chi connectivity index (χ3v) is 5.30. The molecule has 28 heavy (non-hydrogen) atoms. The highest BCUT2D eigenvalue weighted by Gasteiger charge is 2.22. The van der Waals surface area contributed by atoms with Gasteiger partial charge in [0, 0.05) is 16.5 Å². The molecule has 3 rings (SSSR count). The average Bonchev–Trinajstić information content (AvgIpc) is 3.04. The summed E-state index contributed by atoms with van der Waals surface area (Å²) >= 11 is 0. The summed E-state index contributed by atoms with van der Waals surface area (Å²) in [6.45, 7) is 4.58. The second-order valence-corrected chi connectivity index (χ2v) is 7.35. The van der Waals surface area contributed by atoms with Crippen molar-refractivity contribution in [1.29, 1.82) is 0 Å². The molecule has 1 atom stereocenters. The van der Waals surface area contributed by atoms with E-state index >= 15 is 0 Å². The number of hydrogen-bond acceptors (Lipinski definition) is 3. The number of furan rings is 1. The first-order valence-electron chi connectivity index (χ1n) is 9.68. The minimum absolute atomic E-state index is 0.166. The predicted molar refractivity (Wildman–Crippen MR) is 111 cm³/mol. The van der Waals surface area contributed by atoms with Crippen LogP contribution >= 0.6 is 0 Å². The van der Waals surface area contributed by atoms with Gasteiger partial charge in [-0.2, -0.15) is 0 Å². The van der Waals surface area contributed by atoms with Crippen molar-refractivity contribution in [1.82, 2.24) is 5.32 Å². The minimum atomic E-state index is -0.191. The van der Waals surface area contributed by atoms with E-state index in [2.05, 4.69) is 50.6 Å². The van der Waals surface area contributed by atoms with Gasteiger partial charge >= 0.3 is 0 Å². The highest BCUT2D eigenvalue weighted by Crippen LogP contribution is 2.28. The maximum atomic E-state index is 12.8. The molecule has 0 saturated carbocycles. The Balaban J connectivity index is 1.77. The molecule has 0 saturated heterocycles. The molecule has 0 bridgehead atoms. The highest BCUT2D eigenvalue weighted by atomic mass is 16.5. The summed E-state index contributed by atoms with van der Waals surface area (Å²) in [6.07, 6.45) is 1.02. The van der Waals surface area contributed by atoms with E-state index in [4.69, 9.17) is 9.15 Å². The lowest BCUT2D eigenvalue weighted by Gasteiger charge is -2.22. The summed E-state index contributed by atoms with van der Waals surface area (Å²) in [5, 5.41) is 3.95. The second kappa shape index (κ2) is 8.48. The Labute approximate surface area is 166 Å². The zero-order chi connectivity index (χ0) is 20.3. The predicted octanol–water partition coefficient (Wildman–Crippen LogP) is 2.93. The van der Waals surface area contributed by atoms with E-state index in [1.54, 1.807) is 7.11 Å². The van der Waals surface area contributed by atoms with E-state index in [-0.39, 0.29) is 11.9 Å². The largest absolute Gasteiger partial charge is 0.497 e. The van der Waals surface area contributed by atoms with Crippen LogP contribution in [0.1, 0.15) is 40.2 Å². The second-order valence-electron chi connectivity index (χ2n) is 7.35. The first-order chi connectivity index (χ1) is 13.4. The summed E-state index contributed by atoms with van der Waals surface area (Å²) in [4.78, 5) is 14.1. The molecule has 1 aromatic heterocycles. The molecule has 0 aliphatic rings. The SMILES string of the molecule is CCc1ccc([C@H](CNC(=O)c2oc3ccc(OC)cc3c2C)[NH+](C)C)cc1. The molecular weight excluding hydrogens is 352 g/mol. The van der Waals surface area contributed by atoms with Gasteiger partial charge in [-0.3, -0.25) is 4.79 Å². The number of carbonyl (C=O) groups excluding carboxylic acids is 1. The number of quaternary nitrogens is 1. The van der Waals surface area contributed by atoms with Gasteiger partial charge in [-0.25, -0.2) is 0 Å². The number of hydrogen-bond donors (Lipinski definition) is 2. The van der Waals surface area contributed by atoms with Gasteiger partial charge in [0.1, 0.15) is 17.4 Å². The van der Waals surface area contributed by atoms with Crippen molar-refractivity contribution in [2.45, 2.75) is 26.3 Å². The number of benzene rings is 2. The summed E-state index contributed by atoms with van der Waals surface area (Å²) in [7, 11) is 5.83. The van der Waals surface area contributed by atoms with Crippen LogP contribution < -0.4 is 15.0 Å². The quantitative estimate of drug-likeness (QED) is 0.662. The monoisotopic (exact) mass is 381 g/mol. The van der Waals surface area contributed by atoms with Crippen LogP contribution in [0.15, 0.2) is 46.9 Å². The molecule has 148 valence electrons. The molecular formula is C23H29N2O3+. The van der Waals surface area contributed by atoms with Crippen LogP contribution in [-0.2, 0) is 6.42 Å². The third kappa shape index (κ3) is 4.04. The zero-order valence-corrected chi connectivity index (χ0v) is 17.3. The standard InChI is InChI=1S/C23H28N2O3/c1-6-16-7-9-17(10-8-16)20(25(3)4)14-24-23(26)22-15(2)19-13-18(27-5)11-12-21(19)28-22/h7-13,20H,6,14H2,1-5H3,(H,24,26)/p+1/t20-/m0/s1. The highest BCUT2D eigenvalue weighted by molar-refractivity contribution is 5.99. The molecule has 0 spiro atoms. The molecule has 5 heteroatoms. The number of likely N-dealkylation sites (N-methyl/N-ethyl adjacent to an activating group) is 1. The Kier molecular flexibility index (Phi) is 6.05. The number of rotatable bonds is 7. The van der Waals surface area contributed by atoms with Crippen LogP contribution in [0.5, 0.6) is 5.75 Å². The van der Waals surface area contributed by atoms with Gasteiger partial charge < -0.3 is 19.4 Å². The van der Waals surface area contributed by atoms with E-state index in [0.29, 0.717) is 17.9 Å². The van der Waals surface area contributed by atoms with E-state index in [9.17, 15) is 4.79 Å². The van der Waals surface area contributed by atoms with Crippen LogP contribution in [0.4, 0.5) is 0 Å². The Morgan fingerprint density at radius 2 is 1.89 bits per heavy atom. The molecule has 0 unspecified atom stereocenters. The van der Waals surface area contributed by atoms with Crippen LogP contribution in [-0.4, -0.2) is 33.7 Å². The van der Waals surface area contributed by atoms with Crippen molar-refractivity contribution in [2.75, 3.05) is 27.7 Å². The van der Waals surface area contributed by atoms with Crippen LogP contribution in [0.3, 0.4) is 0 Å². The fourth-order valence-corrected chi connectivity index (χ4v) is 3.46. The van der Waals surface area contributed by atoms with Crippen LogP contribution in [0, 0.1) is 6.92 Å². The smallest absolute Gasteiger partial charge is 0.287 e. The number of amides is 1. The summed E-state index contributed by atoms with van der Waals surface area (Å²) < 4.78 is 11.1. The van der Waals surface area contributed by atoms with Gasteiger partial charge in [-0.15, -0.1) is 0 Å². The number of methoxy groups -OCH3 is 1. The average molecular weight is 381 g/mol. The van der Waals surface area contributed by atoms with Gasteiger partial charge in [-0.05, 0) is 37.1 Å². The van der Waals surface area contributed by atoms with Gasteiger partial charge in [0.15, 0.2) is 5.76 Å². The minimum Gasteiger partial charge on any atom is -0.497 e. The maximum absolute atomic E-state index is 12.8. The number of carbonyl (C=O) groups is 1. The van der Waals surface area contributed by atoms with E-state index in [0.717, 1.165) is 23.1 Å². The molecule has 0 fully saturated rings. The molecule has 0 aliphatic heterocycles. The van der Waals surface area contributed by atoms with Crippen molar-refractivity contribution >= 4 is 16.9 Å². The molecule has 2 N–H and O–H groups in total. The Hall–Kier alpha value is -2.79. The Morgan fingerprint density at radius 1 is 1.18 bits per heavy atom. The van der Waals surface area contributed by atoms with Gasteiger partial charge in [0.2, 0.25) is 0 Å². The number of aryl methyl sites for hydroxylation is 2. The molecule has 5 nitrogen and oxygen atoms in total. The molecule has 3 aromatic rings. The number of ether oxygens (including phenoxy) is 1. The van der Waals surface area contributed by atoms with Crippen molar-refractivity contribution in [3.05, 3.63) is 64.9 Å². The molecule has 2 aromatic carbocycles. The molecule has 1 amide bonds. The van der Waals surface area contributed by atoms with Crippen LogP contribution in [0.25, 0.3) is 11.0 Å². The molecule has 0 aliphatic carbocycles. The summed E-state index contributed by atoms with van der Waals surface area (Å²) in [5.41, 5.74) is 4.04. The van der Waals surface area contributed by atoms with Crippen molar-refractivity contribution in [3.63, 3.8) is 0 Å². The zero-order valence-electron chi connectivity index (χ0n) is 17.3. The number of nitrogens with one attached hydrogen (secondary N) is 2. The van der Waals surface area contributed by atoms with Crippen molar-refractivity contribution < 1.29 is 18.8 Å². The topological polar surface area (TPSA) is 55.9 Å². The molecule has 0 radical (unpaired) electrons. The fourth-order valence-electron chi connectivity index (χ4n) is 3.46. The maximum Gasteiger partial charge on any atom is 0.287 e. The van der Waals surface area contributed by atoms with Gasteiger partial charge in [-0.1, -0.05) is 31.2 Å². The normalized spacial score (nSPS) is 12.4. The Morgan fingerprint density at radius 3 is 2.50 bits per heavy atom. The van der Waals surface area contributed by atoms with Crippen molar-refractivity contribution in [2.24, 2.45) is 0 Å². The number of fused-ring (bicyclic) bond motifs is 1. The molecule has 1 heterocycles.